The standard InChI is InChI=1S/C19H19N3/c1-14(15-6-3-2-4-7-15)22-19-11-17(12-21-13-19)16-8-5-9-18(20)10-16/h2-14,22H,20H2,1H3/t14-/m0/s1. The number of pyridine rings is 1. The van der Waals surface area contributed by atoms with Gasteiger partial charge in [-0.1, -0.05) is 42.5 Å². The summed E-state index contributed by atoms with van der Waals surface area (Å²) in [5.74, 6) is 0. The number of aromatic nitrogens is 1. The number of nitrogens with zero attached hydrogens (tertiary/aromatic N) is 1. The highest BCUT2D eigenvalue weighted by atomic mass is 14.9. The zero-order valence-corrected chi connectivity index (χ0v) is 12.5. The van der Waals surface area contributed by atoms with Crippen molar-refractivity contribution >= 4 is 11.4 Å². The molecule has 22 heavy (non-hydrogen) atoms. The van der Waals surface area contributed by atoms with Crippen LogP contribution >= 0.6 is 0 Å². The summed E-state index contributed by atoms with van der Waals surface area (Å²) < 4.78 is 0. The van der Waals surface area contributed by atoms with Gasteiger partial charge in [-0.3, -0.25) is 4.98 Å². The fourth-order valence-corrected chi connectivity index (χ4v) is 2.47. The van der Waals surface area contributed by atoms with Gasteiger partial charge in [0.05, 0.1) is 5.69 Å². The summed E-state index contributed by atoms with van der Waals surface area (Å²) in [6, 6.07) is 20.5. The van der Waals surface area contributed by atoms with Gasteiger partial charge >= 0.3 is 0 Å². The quantitative estimate of drug-likeness (QED) is 0.695. The molecule has 0 amide bonds. The molecular formula is C19H19N3. The summed E-state index contributed by atoms with van der Waals surface area (Å²) in [6.45, 7) is 2.14. The van der Waals surface area contributed by atoms with Crippen LogP contribution < -0.4 is 11.1 Å². The highest BCUT2D eigenvalue weighted by Gasteiger charge is 2.06. The van der Waals surface area contributed by atoms with Gasteiger partial charge in [0.2, 0.25) is 0 Å². The Morgan fingerprint density at radius 2 is 1.73 bits per heavy atom. The van der Waals surface area contributed by atoms with Crippen molar-refractivity contribution in [3.05, 3.63) is 78.6 Å². The molecule has 3 N–H and O–H groups in total. The molecule has 3 nitrogen and oxygen atoms in total. The van der Waals surface area contributed by atoms with Crippen molar-refractivity contribution in [3.8, 4) is 11.1 Å². The number of nitrogens with two attached hydrogens (primary N) is 1. The Balaban J connectivity index is 1.83. The predicted molar refractivity (Wildman–Crippen MR) is 92.6 cm³/mol. The molecule has 1 atom stereocenters. The van der Waals surface area contributed by atoms with Crippen molar-refractivity contribution in [2.45, 2.75) is 13.0 Å². The molecule has 0 unspecified atom stereocenters. The maximum Gasteiger partial charge on any atom is 0.0537 e. The number of nitrogens with one attached hydrogen (secondary N) is 1. The first-order valence-corrected chi connectivity index (χ1v) is 7.35. The molecule has 0 saturated heterocycles. The number of rotatable bonds is 4. The van der Waals surface area contributed by atoms with Gasteiger partial charge in [-0.2, -0.15) is 0 Å². The number of anilines is 2. The third-order valence-electron chi connectivity index (χ3n) is 3.64. The minimum absolute atomic E-state index is 0.221. The smallest absolute Gasteiger partial charge is 0.0537 e. The third kappa shape index (κ3) is 3.26. The van der Waals surface area contributed by atoms with Crippen molar-refractivity contribution in [3.63, 3.8) is 0 Å². The number of hydrogen-bond acceptors (Lipinski definition) is 3. The first-order valence-electron chi connectivity index (χ1n) is 7.35. The molecule has 0 aliphatic carbocycles. The van der Waals surface area contributed by atoms with E-state index in [4.69, 9.17) is 5.73 Å². The Morgan fingerprint density at radius 3 is 2.50 bits per heavy atom. The Labute approximate surface area is 130 Å². The van der Waals surface area contributed by atoms with Gasteiger partial charge in [-0.15, -0.1) is 0 Å². The molecule has 1 heterocycles. The first kappa shape index (κ1) is 14.1. The van der Waals surface area contributed by atoms with Crippen LogP contribution in [0.3, 0.4) is 0 Å². The van der Waals surface area contributed by atoms with Crippen molar-refractivity contribution in [1.29, 1.82) is 0 Å². The maximum atomic E-state index is 5.85. The molecule has 0 saturated carbocycles. The average molecular weight is 289 g/mol. The SMILES string of the molecule is C[C@H](Nc1cncc(-c2cccc(N)c2)c1)c1ccccc1. The first-order chi connectivity index (χ1) is 10.7. The van der Waals surface area contributed by atoms with Gasteiger partial charge in [0.25, 0.3) is 0 Å². The van der Waals surface area contributed by atoms with E-state index in [1.54, 1.807) is 0 Å². The second-order valence-electron chi connectivity index (χ2n) is 5.36. The minimum atomic E-state index is 0.221. The minimum Gasteiger partial charge on any atom is -0.399 e. The summed E-state index contributed by atoms with van der Waals surface area (Å²) >= 11 is 0. The van der Waals surface area contributed by atoms with E-state index in [-0.39, 0.29) is 6.04 Å². The zero-order valence-electron chi connectivity index (χ0n) is 12.5. The van der Waals surface area contributed by atoms with Crippen molar-refractivity contribution in [2.24, 2.45) is 0 Å². The third-order valence-corrected chi connectivity index (χ3v) is 3.64. The Hall–Kier alpha value is -2.81. The Kier molecular flexibility index (Phi) is 4.05. The van der Waals surface area contributed by atoms with Gasteiger partial charge < -0.3 is 11.1 Å². The van der Waals surface area contributed by atoms with Crippen LogP contribution in [0.15, 0.2) is 73.1 Å². The van der Waals surface area contributed by atoms with Crippen LogP contribution in [0.4, 0.5) is 11.4 Å². The summed E-state index contributed by atoms with van der Waals surface area (Å²) in [6.07, 6.45) is 3.70. The van der Waals surface area contributed by atoms with Gasteiger partial charge in [-0.25, -0.2) is 0 Å². The lowest BCUT2D eigenvalue weighted by Gasteiger charge is -2.16. The van der Waals surface area contributed by atoms with Crippen LogP contribution in [-0.4, -0.2) is 4.98 Å². The molecule has 0 radical (unpaired) electrons. The summed E-state index contributed by atoms with van der Waals surface area (Å²) in [5.41, 5.74) is 11.0. The molecule has 0 aliphatic heterocycles. The van der Waals surface area contributed by atoms with E-state index in [2.05, 4.69) is 47.6 Å². The molecule has 3 rings (SSSR count). The molecule has 0 fully saturated rings. The number of benzene rings is 2. The van der Waals surface area contributed by atoms with Crippen LogP contribution in [0.25, 0.3) is 11.1 Å². The highest BCUT2D eigenvalue weighted by Crippen LogP contribution is 2.25. The van der Waals surface area contributed by atoms with E-state index in [9.17, 15) is 0 Å². The van der Waals surface area contributed by atoms with E-state index >= 15 is 0 Å². The van der Waals surface area contributed by atoms with Crippen LogP contribution in [0.2, 0.25) is 0 Å². The van der Waals surface area contributed by atoms with Gasteiger partial charge in [0.1, 0.15) is 0 Å². The second-order valence-corrected chi connectivity index (χ2v) is 5.36. The zero-order chi connectivity index (χ0) is 15.4. The lowest BCUT2D eigenvalue weighted by atomic mass is 10.1. The van der Waals surface area contributed by atoms with Crippen molar-refractivity contribution in [2.75, 3.05) is 11.1 Å². The van der Waals surface area contributed by atoms with Gasteiger partial charge in [0, 0.05) is 29.7 Å². The molecular weight excluding hydrogens is 270 g/mol. The molecule has 1 aromatic heterocycles. The summed E-state index contributed by atoms with van der Waals surface area (Å²) in [4.78, 5) is 4.33. The predicted octanol–water partition coefficient (Wildman–Crippen LogP) is 4.50. The van der Waals surface area contributed by atoms with Crippen LogP contribution in [0, 0.1) is 0 Å². The van der Waals surface area contributed by atoms with Crippen molar-refractivity contribution < 1.29 is 0 Å². The largest absolute Gasteiger partial charge is 0.399 e. The van der Waals surface area contributed by atoms with Gasteiger partial charge in [-0.05, 0) is 36.2 Å². The van der Waals surface area contributed by atoms with E-state index in [0.717, 1.165) is 22.5 Å². The molecule has 110 valence electrons. The topological polar surface area (TPSA) is 50.9 Å². The maximum absolute atomic E-state index is 5.85. The lowest BCUT2D eigenvalue weighted by Crippen LogP contribution is -2.06. The highest BCUT2D eigenvalue weighted by molar-refractivity contribution is 5.69. The molecule has 0 spiro atoms. The molecule has 2 aromatic carbocycles. The monoisotopic (exact) mass is 289 g/mol. The van der Waals surface area contributed by atoms with E-state index in [0.29, 0.717) is 0 Å². The molecule has 3 heteroatoms. The molecule has 0 aliphatic rings. The van der Waals surface area contributed by atoms with Crippen molar-refractivity contribution in [1.82, 2.24) is 4.98 Å². The van der Waals surface area contributed by atoms with E-state index in [1.807, 2.05) is 42.7 Å². The Bertz CT molecular complexity index is 753. The Morgan fingerprint density at radius 1 is 0.909 bits per heavy atom. The normalized spacial score (nSPS) is 11.9. The lowest BCUT2D eigenvalue weighted by molar-refractivity contribution is 0.883. The van der Waals surface area contributed by atoms with Gasteiger partial charge in [0.15, 0.2) is 0 Å². The molecule has 0 bridgehead atoms. The fraction of sp³-hybridized carbons (Fsp3) is 0.105. The fourth-order valence-electron chi connectivity index (χ4n) is 2.47. The second kappa shape index (κ2) is 6.31. The van der Waals surface area contributed by atoms with E-state index < -0.39 is 0 Å². The van der Waals surface area contributed by atoms with Crippen LogP contribution in [0.5, 0.6) is 0 Å². The van der Waals surface area contributed by atoms with Crippen LogP contribution in [0.1, 0.15) is 18.5 Å². The van der Waals surface area contributed by atoms with E-state index in [1.165, 1.54) is 5.56 Å². The molecule has 3 aromatic rings. The number of nitrogen functional groups attached to an aromatic ring is 1. The average Bonchev–Trinajstić information content (AvgIpc) is 2.56. The number of hydrogen-bond donors (Lipinski definition) is 2. The van der Waals surface area contributed by atoms with Crippen LogP contribution in [-0.2, 0) is 0 Å². The summed E-state index contributed by atoms with van der Waals surface area (Å²) in [7, 11) is 0. The summed E-state index contributed by atoms with van der Waals surface area (Å²) in [5, 5.41) is 3.49.